The molecule has 0 saturated heterocycles. The largest absolute Gasteiger partial charge is 0.493 e. The number of carbonyl (C=O) groups is 1. The first kappa shape index (κ1) is 17.3. The van der Waals surface area contributed by atoms with Crippen LogP contribution in [0.25, 0.3) is 6.08 Å². The van der Waals surface area contributed by atoms with Crippen molar-refractivity contribution in [1.82, 2.24) is 5.43 Å². The number of allylic oxidation sites excluding steroid dienone is 1. The van der Waals surface area contributed by atoms with Crippen molar-refractivity contribution in [1.29, 1.82) is 0 Å². The fourth-order valence-corrected chi connectivity index (χ4v) is 2.08. The molecule has 124 valence electrons. The minimum atomic E-state index is -0.320. The van der Waals surface area contributed by atoms with Gasteiger partial charge in [-0.25, -0.2) is 5.43 Å². The van der Waals surface area contributed by atoms with E-state index < -0.39 is 0 Å². The summed E-state index contributed by atoms with van der Waals surface area (Å²) in [6.07, 6.45) is 3.58. The lowest BCUT2D eigenvalue weighted by atomic mass is 10.1. The van der Waals surface area contributed by atoms with Gasteiger partial charge in [0.15, 0.2) is 11.5 Å². The molecule has 0 spiro atoms. The highest BCUT2D eigenvalue weighted by molar-refractivity contribution is 5.95. The molecule has 5 heteroatoms. The van der Waals surface area contributed by atoms with E-state index in [-0.39, 0.29) is 5.91 Å². The Hall–Kier alpha value is -3.08. The van der Waals surface area contributed by atoms with Crippen molar-refractivity contribution in [2.24, 2.45) is 5.10 Å². The van der Waals surface area contributed by atoms with E-state index in [9.17, 15) is 4.79 Å². The third-order valence-electron chi connectivity index (χ3n) is 3.27. The Bertz CT molecular complexity index is 752. The lowest BCUT2D eigenvalue weighted by Crippen LogP contribution is -2.17. The summed E-state index contributed by atoms with van der Waals surface area (Å²) in [4.78, 5) is 12.1. The molecule has 0 radical (unpaired) electrons. The van der Waals surface area contributed by atoms with E-state index in [0.717, 1.165) is 11.1 Å². The number of rotatable bonds is 6. The number of hydrazone groups is 1. The summed E-state index contributed by atoms with van der Waals surface area (Å²) in [6, 6.07) is 14.8. The Morgan fingerprint density at radius 3 is 2.42 bits per heavy atom. The molecule has 0 fully saturated rings. The van der Waals surface area contributed by atoms with Crippen LogP contribution < -0.4 is 14.9 Å². The summed E-state index contributed by atoms with van der Waals surface area (Å²) in [5.74, 6) is 0.744. The molecule has 0 saturated carbocycles. The fourth-order valence-electron chi connectivity index (χ4n) is 2.08. The molecule has 2 rings (SSSR count). The monoisotopic (exact) mass is 324 g/mol. The zero-order chi connectivity index (χ0) is 17.4. The predicted molar refractivity (Wildman–Crippen MR) is 95.6 cm³/mol. The van der Waals surface area contributed by atoms with E-state index >= 15 is 0 Å². The first-order valence-corrected chi connectivity index (χ1v) is 7.43. The number of carbonyl (C=O) groups excluding carboxylic acids is 1. The van der Waals surface area contributed by atoms with Gasteiger partial charge in [0.1, 0.15) is 0 Å². The van der Waals surface area contributed by atoms with Gasteiger partial charge < -0.3 is 9.47 Å². The van der Waals surface area contributed by atoms with Crippen LogP contribution in [0.15, 0.2) is 59.2 Å². The van der Waals surface area contributed by atoms with Crippen LogP contribution in [-0.4, -0.2) is 26.3 Å². The molecule has 0 bridgehead atoms. The summed E-state index contributed by atoms with van der Waals surface area (Å²) < 4.78 is 10.3. The van der Waals surface area contributed by atoms with E-state index in [4.69, 9.17) is 9.47 Å². The van der Waals surface area contributed by atoms with Crippen LogP contribution in [-0.2, 0) is 0 Å². The molecule has 0 aliphatic carbocycles. The number of nitrogens with zero attached hydrogens (tertiary/aromatic N) is 1. The molecule has 24 heavy (non-hydrogen) atoms. The van der Waals surface area contributed by atoms with Crippen molar-refractivity contribution >= 4 is 18.2 Å². The molecule has 0 aromatic heterocycles. The molecule has 2 aromatic carbocycles. The smallest absolute Gasteiger partial charge is 0.271 e. The molecule has 0 atom stereocenters. The second kappa shape index (κ2) is 8.53. The van der Waals surface area contributed by atoms with Crippen LogP contribution in [0.3, 0.4) is 0 Å². The second-order valence-corrected chi connectivity index (χ2v) is 5.07. The van der Waals surface area contributed by atoms with Gasteiger partial charge in [-0.1, -0.05) is 36.4 Å². The minimum Gasteiger partial charge on any atom is -0.493 e. The molecule has 0 unspecified atom stereocenters. The average Bonchev–Trinajstić information content (AvgIpc) is 2.61. The first-order chi connectivity index (χ1) is 11.6. The minimum absolute atomic E-state index is 0.320. The van der Waals surface area contributed by atoms with Crippen LogP contribution in [0.1, 0.15) is 22.8 Å². The number of nitrogens with one attached hydrogen (secondary N) is 1. The molecule has 1 N–H and O–H groups in total. The van der Waals surface area contributed by atoms with Gasteiger partial charge in [0.05, 0.1) is 20.4 Å². The molecule has 5 nitrogen and oxygen atoms in total. The Morgan fingerprint density at radius 1 is 1.04 bits per heavy atom. The summed E-state index contributed by atoms with van der Waals surface area (Å²) in [7, 11) is 3.07. The molecule has 1 amide bonds. The Balaban J connectivity index is 2.01. The molecule has 0 aliphatic heterocycles. The maximum atomic E-state index is 12.1. The maximum absolute atomic E-state index is 12.1. The van der Waals surface area contributed by atoms with Gasteiger partial charge in [0, 0.05) is 5.56 Å². The highest BCUT2D eigenvalue weighted by atomic mass is 16.5. The number of benzene rings is 2. The predicted octanol–water partition coefficient (Wildman–Crippen LogP) is 3.52. The number of methoxy groups -OCH3 is 2. The van der Waals surface area contributed by atoms with Crippen LogP contribution >= 0.6 is 0 Å². The van der Waals surface area contributed by atoms with Crippen LogP contribution in [0.5, 0.6) is 11.5 Å². The van der Waals surface area contributed by atoms with Crippen molar-refractivity contribution in [3.05, 3.63) is 65.2 Å². The zero-order valence-electron chi connectivity index (χ0n) is 13.9. The number of hydrogen-bond donors (Lipinski definition) is 1. The van der Waals surface area contributed by atoms with Gasteiger partial charge >= 0.3 is 0 Å². The summed E-state index contributed by atoms with van der Waals surface area (Å²) >= 11 is 0. The third kappa shape index (κ3) is 4.71. The van der Waals surface area contributed by atoms with E-state index in [1.165, 1.54) is 7.11 Å². The van der Waals surface area contributed by atoms with Gasteiger partial charge in [-0.05, 0) is 36.3 Å². The lowest BCUT2D eigenvalue weighted by molar-refractivity contribution is 0.0954. The van der Waals surface area contributed by atoms with E-state index in [1.807, 2.05) is 43.3 Å². The standard InChI is InChI=1S/C19H20N2O3/c1-14(11-15-7-5-4-6-8-15)13-20-21-19(22)16-9-10-17(23-2)18(12-16)24-3/h4-13H,1-3H3,(H,21,22)/b14-11-,20-13-. The van der Waals surface area contributed by atoms with Crippen LogP contribution in [0, 0.1) is 0 Å². The number of ether oxygens (including phenoxy) is 2. The van der Waals surface area contributed by atoms with Crippen LogP contribution in [0.4, 0.5) is 0 Å². The van der Waals surface area contributed by atoms with Crippen molar-refractivity contribution in [3.8, 4) is 11.5 Å². The summed E-state index contributed by atoms with van der Waals surface area (Å²) in [5, 5.41) is 3.98. The van der Waals surface area contributed by atoms with Crippen molar-refractivity contribution in [2.45, 2.75) is 6.92 Å². The number of hydrogen-bond acceptors (Lipinski definition) is 4. The Kier molecular flexibility index (Phi) is 6.14. The summed E-state index contributed by atoms with van der Waals surface area (Å²) in [6.45, 7) is 1.92. The molecule has 2 aromatic rings. The first-order valence-electron chi connectivity index (χ1n) is 7.43. The normalized spacial score (nSPS) is 11.4. The topological polar surface area (TPSA) is 59.9 Å². The van der Waals surface area contributed by atoms with Crippen molar-refractivity contribution in [2.75, 3.05) is 14.2 Å². The Labute approximate surface area is 141 Å². The van der Waals surface area contributed by atoms with Gasteiger partial charge in [-0.3, -0.25) is 4.79 Å². The van der Waals surface area contributed by atoms with Crippen LogP contribution in [0.2, 0.25) is 0 Å². The van der Waals surface area contributed by atoms with E-state index in [2.05, 4.69) is 10.5 Å². The highest BCUT2D eigenvalue weighted by Crippen LogP contribution is 2.27. The van der Waals surface area contributed by atoms with Gasteiger partial charge in [-0.2, -0.15) is 5.10 Å². The van der Waals surface area contributed by atoms with E-state index in [0.29, 0.717) is 17.1 Å². The zero-order valence-corrected chi connectivity index (χ0v) is 13.9. The van der Waals surface area contributed by atoms with Gasteiger partial charge in [0.25, 0.3) is 5.91 Å². The number of amides is 1. The average molecular weight is 324 g/mol. The third-order valence-corrected chi connectivity index (χ3v) is 3.27. The van der Waals surface area contributed by atoms with Gasteiger partial charge in [-0.15, -0.1) is 0 Å². The second-order valence-electron chi connectivity index (χ2n) is 5.07. The van der Waals surface area contributed by atoms with Crippen molar-refractivity contribution < 1.29 is 14.3 Å². The summed E-state index contributed by atoms with van der Waals surface area (Å²) in [5.41, 5.74) is 4.94. The molecule has 0 heterocycles. The lowest BCUT2D eigenvalue weighted by Gasteiger charge is -2.08. The Morgan fingerprint density at radius 2 is 1.75 bits per heavy atom. The van der Waals surface area contributed by atoms with Gasteiger partial charge in [0.2, 0.25) is 0 Å². The van der Waals surface area contributed by atoms with E-state index in [1.54, 1.807) is 31.5 Å². The maximum Gasteiger partial charge on any atom is 0.271 e. The SMILES string of the molecule is COc1ccc(C(=O)N/N=C\C(C)=C/c2ccccc2)cc1OC. The highest BCUT2D eigenvalue weighted by Gasteiger charge is 2.09. The quantitative estimate of drug-likeness (QED) is 0.653. The molecule has 0 aliphatic rings. The fraction of sp³-hybridized carbons (Fsp3) is 0.158. The molecular weight excluding hydrogens is 304 g/mol. The molecular formula is C19H20N2O3. The van der Waals surface area contributed by atoms with Crippen molar-refractivity contribution in [3.63, 3.8) is 0 Å².